The number of nitrogens with one attached hydrogen (secondary N) is 1. The molecule has 0 aliphatic carbocycles. The van der Waals surface area contributed by atoms with Gasteiger partial charge in [0.2, 0.25) is 11.7 Å². The summed E-state index contributed by atoms with van der Waals surface area (Å²) in [4.78, 5) is 23.1. The van der Waals surface area contributed by atoms with Crippen molar-refractivity contribution < 1.29 is 32.2 Å². The summed E-state index contributed by atoms with van der Waals surface area (Å²) in [7, 11) is -0.181. The molecule has 0 aromatic heterocycles. The molecule has 10 heteroatoms. The van der Waals surface area contributed by atoms with Crippen LogP contribution in [0.2, 0.25) is 0 Å². The zero-order chi connectivity index (χ0) is 20.0. The van der Waals surface area contributed by atoms with Gasteiger partial charge in [0, 0.05) is 18.9 Å². The molecule has 1 aliphatic rings. The van der Waals surface area contributed by atoms with E-state index < -0.39 is 15.8 Å². The highest BCUT2D eigenvalue weighted by atomic mass is 32.2. The van der Waals surface area contributed by atoms with Crippen LogP contribution in [-0.2, 0) is 19.4 Å². The number of amides is 1. The standard InChI is InChI=1S/C17H22N2O7S/c1-11(20)26-17-14(24-2)6-13(7-15(17)25-3)9-18-19-16(21)8-12-4-5-27(22,23)10-12/h6-7,9,12H,4-5,8,10H2,1-3H3,(H,19,21)/b18-9-/t12-/m1/s1. The second kappa shape index (κ2) is 8.85. The molecule has 9 nitrogen and oxygen atoms in total. The zero-order valence-corrected chi connectivity index (χ0v) is 16.2. The molecule has 1 heterocycles. The van der Waals surface area contributed by atoms with Crippen molar-refractivity contribution in [3.8, 4) is 17.2 Å². The van der Waals surface area contributed by atoms with Gasteiger partial charge in [-0.2, -0.15) is 5.10 Å². The SMILES string of the molecule is COc1cc(/C=N\NC(=O)C[C@H]2CCS(=O)(=O)C2)cc(OC)c1OC(C)=O. The van der Waals surface area contributed by atoms with Gasteiger partial charge in [-0.3, -0.25) is 9.59 Å². The van der Waals surface area contributed by atoms with Crippen LogP contribution in [-0.4, -0.2) is 52.2 Å². The number of methoxy groups -OCH3 is 2. The number of carbonyl (C=O) groups is 2. The topological polar surface area (TPSA) is 120 Å². The minimum atomic E-state index is -3.01. The van der Waals surface area contributed by atoms with E-state index in [1.807, 2.05) is 0 Å². The van der Waals surface area contributed by atoms with Crippen LogP contribution >= 0.6 is 0 Å². The van der Waals surface area contributed by atoms with E-state index in [1.165, 1.54) is 27.4 Å². The second-order valence-electron chi connectivity index (χ2n) is 6.11. The van der Waals surface area contributed by atoms with Crippen molar-refractivity contribution in [1.29, 1.82) is 0 Å². The number of esters is 1. The monoisotopic (exact) mass is 398 g/mol. The summed E-state index contributed by atoms with van der Waals surface area (Å²) in [6.45, 7) is 1.26. The maximum Gasteiger partial charge on any atom is 0.308 e. The van der Waals surface area contributed by atoms with Gasteiger partial charge in [-0.1, -0.05) is 0 Å². The number of benzene rings is 1. The molecule has 27 heavy (non-hydrogen) atoms. The Hall–Kier alpha value is -2.62. The lowest BCUT2D eigenvalue weighted by Crippen LogP contribution is -2.21. The average molecular weight is 398 g/mol. The van der Waals surface area contributed by atoms with Crippen LogP contribution in [0.1, 0.15) is 25.3 Å². The Morgan fingerprint density at radius 2 is 1.89 bits per heavy atom. The summed E-state index contributed by atoms with van der Waals surface area (Å²) < 4.78 is 38.3. The van der Waals surface area contributed by atoms with Crippen LogP contribution in [0, 0.1) is 5.92 Å². The first-order chi connectivity index (χ1) is 12.7. The van der Waals surface area contributed by atoms with E-state index in [1.54, 1.807) is 12.1 Å². The average Bonchev–Trinajstić information content (AvgIpc) is 2.93. The third kappa shape index (κ3) is 5.95. The number of nitrogens with zero attached hydrogens (tertiary/aromatic N) is 1. The fraction of sp³-hybridized carbons (Fsp3) is 0.471. The fourth-order valence-corrected chi connectivity index (χ4v) is 4.60. The molecule has 1 saturated heterocycles. The quantitative estimate of drug-likeness (QED) is 0.314. The number of carbonyl (C=O) groups excluding carboxylic acids is 2. The van der Waals surface area contributed by atoms with Crippen molar-refractivity contribution in [1.82, 2.24) is 5.43 Å². The first-order valence-corrected chi connectivity index (χ1v) is 10.0. The van der Waals surface area contributed by atoms with E-state index >= 15 is 0 Å². The molecule has 1 atom stereocenters. The number of ether oxygens (including phenoxy) is 3. The Morgan fingerprint density at radius 3 is 2.37 bits per heavy atom. The molecular weight excluding hydrogens is 376 g/mol. The fourth-order valence-electron chi connectivity index (χ4n) is 2.74. The van der Waals surface area contributed by atoms with Gasteiger partial charge in [0.15, 0.2) is 21.3 Å². The van der Waals surface area contributed by atoms with Gasteiger partial charge >= 0.3 is 5.97 Å². The van der Waals surface area contributed by atoms with Gasteiger partial charge in [-0.15, -0.1) is 0 Å². The van der Waals surface area contributed by atoms with Crippen molar-refractivity contribution in [3.05, 3.63) is 17.7 Å². The second-order valence-corrected chi connectivity index (χ2v) is 8.34. The Balaban J connectivity index is 2.03. The summed E-state index contributed by atoms with van der Waals surface area (Å²) in [6.07, 6.45) is 1.98. The lowest BCUT2D eigenvalue weighted by atomic mass is 10.1. The summed E-state index contributed by atoms with van der Waals surface area (Å²) in [5.74, 6) is -0.192. The van der Waals surface area contributed by atoms with Gasteiger partial charge in [-0.25, -0.2) is 13.8 Å². The minimum absolute atomic E-state index is 0.0378. The number of hydrogen-bond acceptors (Lipinski definition) is 8. The predicted octanol–water partition coefficient (Wildman–Crippen LogP) is 0.904. The molecule has 0 spiro atoms. The van der Waals surface area contributed by atoms with Crippen LogP contribution in [0.5, 0.6) is 17.2 Å². The third-order valence-corrected chi connectivity index (χ3v) is 5.77. The third-order valence-electron chi connectivity index (χ3n) is 3.93. The van der Waals surface area contributed by atoms with E-state index in [0.29, 0.717) is 12.0 Å². The highest BCUT2D eigenvalue weighted by Gasteiger charge is 2.29. The lowest BCUT2D eigenvalue weighted by molar-refractivity contribution is -0.132. The zero-order valence-electron chi connectivity index (χ0n) is 15.4. The molecule has 0 saturated carbocycles. The molecule has 1 amide bonds. The summed E-state index contributed by atoms with van der Waals surface area (Å²) in [6, 6.07) is 3.14. The molecule has 1 N–H and O–H groups in total. The smallest absolute Gasteiger partial charge is 0.308 e. The molecule has 0 radical (unpaired) electrons. The van der Waals surface area contributed by atoms with Gasteiger partial charge in [0.25, 0.3) is 0 Å². The van der Waals surface area contributed by atoms with Crippen LogP contribution in [0.15, 0.2) is 17.2 Å². The first kappa shape index (κ1) is 20.7. The van der Waals surface area contributed by atoms with Gasteiger partial charge in [0.05, 0.1) is 31.9 Å². The highest BCUT2D eigenvalue weighted by Crippen LogP contribution is 2.38. The van der Waals surface area contributed by atoms with E-state index in [2.05, 4.69) is 10.5 Å². The summed E-state index contributed by atoms with van der Waals surface area (Å²) in [5.41, 5.74) is 2.92. The van der Waals surface area contributed by atoms with Crippen molar-refractivity contribution >= 4 is 27.9 Å². The Morgan fingerprint density at radius 1 is 1.26 bits per heavy atom. The molecule has 1 aromatic rings. The first-order valence-electron chi connectivity index (χ1n) is 8.21. The van der Waals surface area contributed by atoms with E-state index in [0.717, 1.165) is 0 Å². The largest absolute Gasteiger partial charge is 0.493 e. The summed E-state index contributed by atoms with van der Waals surface area (Å²) >= 11 is 0. The molecule has 1 aromatic carbocycles. The molecule has 0 unspecified atom stereocenters. The Labute approximate surface area is 157 Å². The number of hydrogen-bond donors (Lipinski definition) is 1. The molecule has 1 fully saturated rings. The van der Waals surface area contributed by atoms with Crippen LogP contribution in [0.25, 0.3) is 0 Å². The van der Waals surface area contributed by atoms with E-state index in [4.69, 9.17) is 14.2 Å². The number of sulfone groups is 1. The van der Waals surface area contributed by atoms with E-state index in [9.17, 15) is 18.0 Å². The lowest BCUT2D eigenvalue weighted by Gasteiger charge is -2.13. The molecule has 2 rings (SSSR count). The number of rotatable bonds is 7. The van der Waals surface area contributed by atoms with E-state index in [-0.39, 0.29) is 47.0 Å². The maximum absolute atomic E-state index is 11.9. The predicted molar refractivity (Wildman–Crippen MR) is 98.0 cm³/mol. The molecular formula is C17H22N2O7S. The Kier molecular flexibility index (Phi) is 6.78. The molecule has 0 bridgehead atoms. The Bertz CT molecular complexity index is 824. The van der Waals surface area contributed by atoms with Crippen LogP contribution in [0.4, 0.5) is 0 Å². The summed E-state index contributed by atoms with van der Waals surface area (Å²) in [5, 5.41) is 3.87. The maximum atomic E-state index is 11.9. The van der Waals surface area contributed by atoms with Crippen LogP contribution < -0.4 is 19.6 Å². The number of hydrazone groups is 1. The minimum Gasteiger partial charge on any atom is -0.493 e. The van der Waals surface area contributed by atoms with Crippen molar-refractivity contribution in [2.45, 2.75) is 19.8 Å². The van der Waals surface area contributed by atoms with Gasteiger partial charge < -0.3 is 14.2 Å². The van der Waals surface area contributed by atoms with Crippen LogP contribution in [0.3, 0.4) is 0 Å². The molecule has 148 valence electrons. The molecule has 1 aliphatic heterocycles. The highest BCUT2D eigenvalue weighted by molar-refractivity contribution is 7.91. The van der Waals surface area contributed by atoms with Crippen molar-refractivity contribution in [3.63, 3.8) is 0 Å². The van der Waals surface area contributed by atoms with Crippen molar-refractivity contribution in [2.24, 2.45) is 11.0 Å². The van der Waals surface area contributed by atoms with Gasteiger partial charge in [-0.05, 0) is 24.5 Å². The van der Waals surface area contributed by atoms with Crippen molar-refractivity contribution in [2.75, 3.05) is 25.7 Å². The normalized spacial score (nSPS) is 18.3. The van der Waals surface area contributed by atoms with Gasteiger partial charge in [0.1, 0.15) is 0 Å².